The number of benzene rings is 2. The van der Waals surface area contributed by atoms with E-state index < -0.39 is 15.7 Å². The van der Waals surface area contributed by atoms with E-state index in [1.807, 2.05) is 0 Å². The van der Waals surface area contributed by atoms with Gasteiger partial charge in [0.2, 0.25) is 9.84 Å². The molecule has 18 heavy (non-hydrogen) atoms. The highest BCUT2D eigenvalue weighted by atomic mass is 79.9. The summed E-state index contributed by atoms with van der Waals surface area (Å²) in [7, 11) is -3.60. The second-order valence-electron chi connectivity index (χ2n) is 3.91. The van der Waals surface area contributed by atoms with Crippen LogP contribution in [0.2, 0.25) is 0 Å². The molecule has 92 valence electrons. The van der Waals surface area contributed by atoms with Gasteiger partial charge in [0.05, 0.1) is 21.2 Å². The molecular formula is C12H7BrFNO2S. The zero-order valence-electron chi connectivity index (χ0n) is 8.94. The largest absolute Gasteiger partial charge is 0.353 e. The van der Waals surface area contributed by atoms with E-state index in [4.69, 9.17) is 0 Å². The van der Waals surface area contributed by atoms with E-state index in [-0.39, 0.29) is 15.5 Å². The fourth-order valence-corrected chi connectivity index (χ4v) is 4.01. The lowest BCUT2D eigenvalue weighted by atomic mass is 10.2. The summed E-state index contributed by atoms with van der Waals surface area (Å²) >= 11 is 3.24. The molecule has 3 nitrogen and oxygen atoms in total. The minimum atomic E-state index is -3.60. The SMILES string of the molecule is O=S1(=O)c2ccc(F)cc2Nc2ccc(Br)cc21. The van der Waals surface area contributed by atoms with Crippen LogP contribution in [-0.2, 0) is 9.84 Å². The number of hydrogen-bond acceptors (Lipinski definition) is 3. The molecular weight excluding hydrogens is 321 g/mol. The lowest BCUT2D eigenvalue weighted by Crippen LogP contribution is -2.13. The number of hydrogen-bond donors (Lipinski definition) is 1. The summed E-state index contributed by atoms with van der Waals surface area (Å²) in [6.07, 6.45) is 0. The van der Waals surface area contributed by atoms with Gasteiger partial charge in [0, 0.05) is 4.47 Å². The van der Waals surface area contributed by atoms with Gasteiger partial charge in [-0.15, -0.1) is 0 Å². The first-order valence-corrected chi connectivity index (χ1v) is 7.37. The number of rotatable bonds is 0. The molecule has 3 rings (SSSR count). The molecule has 0 atom stereocenters. The lowest BCUT2D eigenvalue weighted by Gasteiger charge is -2.21. The number of sulfone groups is 1. The molecule has 0 aliphatic carbocycles. The van der Waals surface area contributed by atoms with Gasteiger partial charge in [-0.2, -0.15) is 0 Å². The molecule has 0 unspecified atom stereocenters. The maximum Gasteiger partial charge on any atom is 0.210 e. The third-order valence-electron chi connectivity index (χ3n) is 2.73. The Balaban J connectivity index is 2.33. The Morgan fingerprint density at radius 3 is 2.56 bits per heavy atom. The summed E-state index contributed by atoms with van der Waals surface area (Å²) in [6.45, 7) is 0. The lowest BCUT2D eigenvalue weighted by molar-refractivity contribution is 0.594. The molecule has 0 bridgehead atoms. The smallest absolute Gasteiger partial charge is 0.210 e. The molecule has 1 aliphatic rings. The highest BCUT2D eigenvalue weighted by Crippen LogP contribution is 2.40. The zero-order chi connectivity index (χ0) is 12.9. The van der Waals surface area contributed by atoms with Crippen molar-refractivity contribution in [2.75, 3.05) is 5.32 Å². The normalized spacial score (nSPS) is 15.4. The average Bonchev–Trinajstić information content (AvgIpc) is 2.30. The van der Waals surface area contributed by atoms with Crippen molar-refractivity contribution < 1.29 is 12.8 Å². The van der Waals surface area contributed by atoms with Gasteiger partial charge >= 0.3 is 0 Å². The quantitative estimate of drug-likeness (QED) is 0.643. The fraction of sp³-hybridized carbons (Fsp3) is 0. The van der Waals surface area contributed by atoms with Crippen LogP contribution >= 0.6 is 15.9 Å². The van der Waals surface area contributed by atoms with E-state index in [2.05, 4.69) is 21.2 Å². The molecule has 0 saturated heterocycles. The monoisotopic (exact) mass is 327 g/mol. The van der Waals surface area contributed by atoms with Gasteiger partial charge in [0.1, 0.15) is 5.82 Å². The predicted molar refractivity (Wildman–Crippen MR) is 69.3 cm³/mol. The summed E-state index contributed by atoms with van der Waals surface area (Å²) in [4.78, 5) is 0.283. The van der Waals surface area contributed by atoms with Gasteiger partial charge in [0.15, 0.2) is 0 Å². The van der Waals surface area contributed by atoms with Crippen LogP contribution in [0.5, 0.6) is 0 Å². The van der Waals surface area contributed by atoms with Crippen LogP contribution in [-0.4, -0.2) is 8.42 Å². The van der Waals surface area contributed by atoms with Crippen molar-refractivity contribution in [3.8, 4) is 0 Å². The molecule has 0 radical (unpaired) electrons. The Morgan fingerprint density at radius 1 is 1.00 bits per heavy atom. The first kappa shape index (κ1) is 11.7. The minimum absolute atomic E-state index is 0.0921. The van der Waals surface area contributed by atoms with Crippen molar-refractivity contribution in [3.05, 3.63) is 46.7 Å². The van der Waals surface area contributed by atoms with Crippen molar-refractivity contribution in [3.63, 3.8) is 0 Å². The average molecular weight is 328 g/mol. The predicted octanol–water partition coefficient (Wildman–Crippen LogP) is 3.48. The molecule has 2 aromatic carbocycles. The van der Waals surface area contributed by atoms with Crippen LogP contribution in [0.1, 0.15) is 0 Å². The summed E-state index contributed by atoms with van der Waals surface area (Å²) in [6, 6.07) is 8.50. The van der Waals surface area contributed by atoms with Crippen molar-refractivity contribution in [2.24, 2.45) is 0 Å². The topological polar surface area (TPSA) is 46.2 Å². The summed E-state index contributed by atoms with van der Waals surface area (Å²) in [5, 5.41) is 2.92. The van der Waals surface area contributed by atoms with E-state index >= 15 is 0 Å². The highest BCUT2D eigenvalue weighted by molar-refractivity contribution is 9.10. The molecule has 6 heteroatoms. The van der Waals surface area contributed by atoms with Crippen LogP contribution in [0.4, 0.5) is 15.8 Å². The van der Waals surface area contributed by atoms with Gasteiger partial charge in [-0.25, -0.2) is 12.8 Å². The first-order valence-electron chi connectivity index (χ1n) is 5.10. The van der Waals surface area contributed by atoms with E-state index in [1.165, 1.54) is 18.2 Å². The van der Waals surface area contributed by atoms with Crippen molar-refractivity contribution in [1.82, 2.24) is 0 Å². The molecule has 0 aromatic heterocycles. The summed E-state index contributed by atoms with van der Waals surface area (Å²) < 4.78 is 38.6. The third kappa shape index (κ3) is 1.64. The molecule has 0 amide bonds. The van der Waals surface area contributed by atoms with Crippen LogP contribution < -0.4 is 5.32 Å². The van der Waals surface area contributed by atoms with Crippen molar-refractivity contribution >= 4 is 37.1 Å². The van der Waals surface area contributed by atoms with Crippen LogP contribution in [0.15, 0.2) is 50.7 Å². The zero-order valence-corrected chi connectivity index (χ0v) is 11.3. The number of fused-ring (bicyclic) bond motifs is 2. The second-order valence-corrected chi connectivity index (χ2v) is 6.71. The number of nitrogens with one attached hydrogen (secondary N) is 1. The maximum absolute atomic E-state index is 13.1. The van der Waals surface area contributed by atoms with Crippen LogP contribution in [0.3, 0.4) is 0 Å². The fourth-order valence-electron chi connectivity index (χ4n) is 1.92. The molecule has 0 saturated carbocycles. The maximum atomic E-state index is 13.1. The Hall–Kier alpha value is -1.40. The van der Waals surface area contributed by atoms with E-state index in [0.717, 1.165) is 6.07 Å². The van der Waals surface area contributed by atoms with Gasteiger partial charge in [0.25, 0.3) is 0 Å². The highest BCUT2D eigenvalue weighted by Gasteiger charge is 2.29. The number of halogens is 2. The van der Waals surface area contributed by atoms with Gasteiger partial charge in [-0.3, -0.25) is 0 Å². The molecule has 1 N–H and O–H groups in total. The van der Waals surface area contributed by atoms with Crippen molar-refractivity contribution in [2.45, 2.75) is 9.79 Å². The molecule has 0 fully saturated rings. The summed E-state index contributed by atoms with van der Waals surface area (Å²) in [5.41, 5.74) is 0.723. The van der Waals surface area contributed by atoms with E-state index in [9.17, 15) is 12.8 Å². The molecule has 2 aromatic rings. The Bertz CT molecular complexity index is 759. The Morgan fingerprint density at radius 2 is 1.78 bits per heavy atom. The molecule has 1 aliphatic heterocycles. The molecule has 1 heterocycles. The summed E-state index contributed by atoms with van der Waals surface area (Å²) in [5.74, 6) is -0.475. The Labute approximate surface area is 112 Å². The standard InChI is InChI=1S/C12H7BrFNO2S/c13-7-1-3-9-12(5-7)18(16,17)11-4-2-8(14)6-10(11)15-9/h1-6,15H. The minimum Gasteiger partial charge on any atom is -0.353 e. The van der Waals surface area contributed by atoms with Gasteiger partial charge in [-0.1, -0.05) is 15.9 Å². The first-order chi connectivity index (χ1) is 8.48. The van der Waals surface area contributed by atoms with Crippen LogP contribution in [0.25, 0.3) is 0 Å². The van der Waals surface area contributed by atoms with Crippen molar-refractivity contribution in [1.29, 1.82) is 0 Å². The van der Waals surface area contributed by atoms with E-state index in [1.54, 1.807) is 12.1 Å². The molecule has 0 spiro atoms. The van der Waals surface area contributed by atoms with Crippen LogP contribution in [0, 0.1) is 5.82 Å². The third-order valence-corrected chi connectivity index (χ3v) is 5.08. The Kier molecular flexibility index (Phi) is 2.46. The van der Waals surface area contributed by atoms with Gasteiger partial charge < -0.3 is 5.32 Å². The number of anilines is 2. The van der Waals surface area contributed by atoms with Gasteiger partial charge in [-0.05, 0) is 36.4 Å². The second kappa shape index (κ2) is 3.80. The van der Waals surface area contributed by atoms with E-state index in [0.29, 0.717) is 10.2 Å².